The average Bonchev–Trinajstić information content (AvgIpc) is 2.68. The molecular formula is C10H10N2S2. The van der Waals surface area contributed by atoms with Crippen molar-refractivity contribution >= 4 is 24.0 Å². The first kappa shape index (κ1) is 9.68. The summed E-state index contributed by atoms with van der Waals surface area (Å²) in [6, 6.07) is 5.85. The maximum Gasteiger partial charge on any atom is 0.0998 e. The molecule has 0 N–H and O–H groups in total. The van der Waals surface area contributed by atoms with Crippen LogP contribution >= 0.6 is 24.0 Å². The number of hydrogen-bond donors (Lipinski definition) is 1. The van der Waals surface area contributed by atoms with Gasteiger partial charge in [-0.2, -0.15) is 12.6 Å². The van der Waals surface area contributed by atoms with Crippen molar-refractivity contribution in [2.24, 2.45) is 0 Å². The van der Waals surface area contributed by atoms with Crippen molar-refractivity contribution in [1.29, 1.82) is 0 Å². The Balaban J connectivity index is 2.25. The summed E-state index contributed by atoms with van der Waals surface area (Å²) < 4.78 is 0. The molecule has 2 aromatic heterocycles. The molecule has 0 fully saturated rings. The van der Waals surface area contributed by atoms with E-state index in [-0.39, 0.29) is 0 Å². The highest BCUT2D eigenvalue weighted by molar-refractivity contribution is 7.80. The van der Waals surface area contributed by atoms with Crippen molar-refractivity contribution in [2.75, 3.05) is 5.75 Å². The van der Waals surface area contributed by atoms with Crippen molar-refractivity contribution in [1.82, 2.24) is 9.97 Å². The Kier molecular flexibility index (Phi) is 3.16. The maximum absolute atomic E-state index is 4.48. The fraction of sp³-hybridized carbons (Fsp3) is 0.200. The van der Waals surface area contributed by atoms with Crippen LogP contribution < -0.4 is 0 Å². The van der Waals surface area contributed by atoms with Gasteiger partial charge in [-0.15, -0.1) is 11.3 Å². The second-order valence-electron chi connectivity index (χ2n) is 2.82. The molecule has 0 bridgehead atoms. The highest BCUT2D eigenvalue weighted by atomic mass is 32.1. The third kappa shape index (κ3) is 2.13. The van der Waals surface area contributed by atoms with Crippen molar-refractivity contribution in [3.63, 3.8) is 0 Å². The maximum atomic E-state index is 4.48. The predicted molar refractivity (Wildman–Crippen MR) is 62.9 cm³/mol. The van der Waals surface area contributed by atoms with Gasteiger partial charge in [0, 0.05) is 18.0 Å². The third-order valence-corrected chi connectivity index (χ3v) is 2.94. The van der Waals surface area contributed by atoms with E-state index in [4.69, 9.17) is 0 Å². The Morgan fingerprint density at radius 2 is 2.21 bits per heavy atom. The van der Waals surface area contributed by atoms with Crippen LogP contribution in [0.1, 0.15) is 5.01 Å². The summed E-state index contributed by atoms with van der Waals surface area (Å²) in [7, 11) is 0. The van der Waals surface area contributed by atoms with E-state index in [1.807, 2.05) is 23.6 Å². The molecule has 0 aliphatic carbocycles. The minimum Gasteiger partial charge on any atom is -0.255 e. The Morgan fingerprint density at radius 3 is 2.93 bits per heavy atom. The zero-order valence-corrected chi connectivity index (χ0v) is 9.26. The van der Waals surface area contributed by atoms with Gasteiger partial charge in [0.2, 0.25) is 0 Å². The molecule has 0 saturated heterocycles. The predicted octanol–water partition coefficient (Wildman–Crippen LogP) is 2.68. The Labute approximate surface area is 92.5 Å². The molecule has 14 heavy (non-hydrogen) atoms. The van der Waals surface area contributed by atoms with E-state index < -0.39 is 0 Å². The summed E-state index contributed by atoms with van der Waals surface area (Å²) in [5.74, 6) is 0.842. The van der Waals surface area contributed by atoms with Gasteiger partial charge in [0.05, 0.1) is 16.4 Å². The largest absolute Gasteiger partial charge is 0.255 e. The van der Waals surface area contributed by atoms with Crippen LogP contribution in [0.15, 0.2) is 29.8 Å². The molecule has 0 aromatic carbocycles. The summed E-state index contributed by atoms with van der Waals surface area (Å²) in [5.41, 5.74) is 1.90. The van der Waals surface area contributed by atoms with E-state index in [0.29, 0.717) is 0 Å². The molecule has 4 heteroatoms. The minimum absolute atomic E-state index is 0.842. The number of aryl methyl sites for hydroxylation is 1. The average molecular weight is 222 g/mol. The molecule has 0 radical (unpaired) electrons. The van der Waals surface area contributed by atoms with Crippen molar-refractivity contribution in [2.45, 2.75) is 6.42 Å². The Hall–Kier alpha value is -0.870. The van der Waals surface area contributed by atoms with Crippen LogP contribution in [-0.2, 0) is 6.42 Å². The summed E-state index contributed by atoms with van der Waals surface area (Å²) in [5, 5.41) is 3.17. The number of nitrogens with zero attached hydrogens (tertiary/aromatic N) is 2. The first-order chi connectivity index (χ1) is 6.90. The fourth-order valence-electron chi connectivity index (χ4n) is 1.15. The van der Waals surface area contributed by atoms with E-state index in [9.17, 15) is 0 Å². The van der Waals surface area contributed by atoms with E-state index in [0.717, 1.165) is 28.6 Å². The molecule has 2 aromatic rings. The van der Waals surface area contributed by atoms with E-state index >= 15 is 0 Å². The van der Waals surface area contributed by atoms with Gasteiger partial charge < -0.3 is 0 Å². The van der Waals surface area contributed by atoms with Crippen molar-refractivity contribution < 1.29 is 0 Å². The molecule has 2 nitrogen and oxygen atoms in total. The highest BCUT2D eigenvalue weighted by Crippen LogP contribution is 2.19. The van der Waals surface area contributed by atoms with Crippen LogP contribution in [0.25, 0.3) is 11.4 Å². The minimum atomic E-state index is 0.842. The number of pyridine rings is 1. The molecule has 0 amide bonds. The Morgan fingerprint density at radius 1 is 1.29 bits per heavy atom. The quantitative estimate of drug-likeness (QED) is 0.808. The van der Waals surface area contributed by atoms with Gasteiger partial charge in [-0.1, -0.05) is 6.07 Å². The van der Waals surface area contributed by atoms with Crippen molar-refractivity contribution in [3.8, 4) is 11.4 Å². The molecule has 0 aliphatic heterocycles. The monoisotopic (exact) mass is 222 g/mol. The number of rotatable bonds is 3. The Bertz CT molecular complexity index is 398. The smallest absolute Gasteiger partial charge is 0.0998 e. The first-order valence-electron chi connectivity index (χ1n) is 4.37. The first-order valence-corrected chi connectivity index (χ1v) is 5.88. The third-order valence-electron chi connectivity index (χ3n) is 1.80. The van der Waals surface area contributed by atoms with Crippen molar-refractivity contribution in [3.05, 3.63) is 34.8 Å². The number of thiol groups is 1. The molecular weight excluding hydrogens is 212 g/mol. The topological polar surface area (TPSA) is 25.8 Å². The lowest BCUT2D eigenvalue weighted by molar-refractivity contribution is 1.11. The van der Waals surface area contributed by atoms with Gasteiger partial charge in [-0.25, -0.2) is 4.98 Å². The second-order valence-corrected chi connectivity index (χ2v) is 4.20. The second kappa shape index (κ2) is 4.57. The van der Waals surface area contributed by atoms with Crippen LogP contribution in [0.2, 0.25) is 0 Å². The van der Waals surface area contributed by atoms with Crippen LogP contribution in [0.4, 0.5) is 0 Å². The highest BCUT2D eigenvalue weighted by Gasteiger charge is 2.03. The van der Waals surface area contributed by atoms with Gasteiger partial charge in [-0.3, -0.25) is 4.98 Å². The molecule has 0 spiro atoms. The molecule has 0 atom stereocenters. The number of thiazole rings is 1. The molecule has 2 rings (SSSR count). The van der Waals surface area contributed by atoms with E-state index in [1.165, 1.54) is 0 Å². The van der Waals surface area contributed by atoms with Gasteiger partial charge in [-0.05, 0) is 17.9 Å². The lowest BCUT2D eigenvalue weighted by Gasteiger charge is -1.93. The summed E-state index contributed by atoms with van der Waals surface area (Å²) >= 11 is 5.85. The fourth-order valence-corrected chi connectivity index (χ4v) is 2.31. The lowest BCUT2D eigenvalue weighted by Crippen LogP contribution is -1.86. The van der Waals surface area contributed by atoms with Crippen LogP contribution in [0, 0.1) is 0 Å². The number of aromatic nitrogens is 2. The van der Waals surface area contributed by atoms with Gasteiger partial charge in [0.25, 0.3) is 0 Å². The summed E-state index contributed by atoms with van der Waals surface area (Å²) in [6.45, 7) is 0. The van der Waals surface area contributed by atoms with Crippen LogP contribution in [0.5, 0.6) is 0 Å². The standard InChI is InChI=1S/C10H10N2S2/c13-6-4-10-12-9(7-14-10)8-3-1-2-5-11-8/h1-3,5,7,13H,4,6H2. The molecule has 0 saturated carbocycles. The zero-order chi connectivity index (χ0) is 9.80. The van der Waals surface area contributed by atoms with Gasteiger partial charge >= 0.3 is 0 Å². The molecule has 0 aliphatic rings. The SMILES string of the molecule is SCCc1nc(-c2ccccn2)cs1. The molecule has 0 unspecified atom stereocenters. The van der Waals surface area contributed by atoms with E-state index in [1.54, 1.807) is 17.5 Å². The lowest BCUT2D eigenvalue weighted by atomic mass is 10.3. The summed E-state index contributed by atoms with van der Waals surface area (Å²) in [4.78, 5) is 8.72. The summed E-state index contributed by atoms with van der Waals surface area (Å²) in [6.07, 6.45) is 2.72. The molecule has 72 valence electrons. The van der Waals surface area contributed by atoms with Gasteiger partial charge in [0.15, 0.2) is 0 Å². The zero-order valence-electron chi connectivity index (χ0n) is 7.55. The van der Waals surface area contributed by atoms with Crippen LogP contribution in [0.3, 0.4) is 0 Å². The normalized spacial score (nSPS) is 10.4. The number of hydrogen-bond acceptors (Lipinski definition) is 4. The van der Waals surface area contributed by atoms with Gasteiger partial charge in [0.1, 0.15) is 0 Å². The van der Waals surface area contributed by atoms with Crippen LogP contribution in [-0.4, -0.2) is 15.7 Å². The molecule has 2 heterocycles. The van der Waals surface area contributed by atoms with E-state index in [2.05, 4.69) is 22.6 Å².